The van der Waals surface area contributed by atoms with Gasteiger partial charge < -0.3 is 15.4 Å². The molecule has 0 aromatic heterocycles. The first-order chi connectivity index (χ1) is 14.8. The highest BCUT2D eigenvalue weighted by atomic mass is 16.5. The molecule has 0 radical (unpaired) electrons. The third kappa shape index (κ3) is 3.51. The third-order valence-corrected chi connectivity index (χ3v) is 5.71. The number of alkyl carbamates (subject to hydrolysis) is 1. The quantitative estimate of drug-likeness (QED) is 0.641. The fourth-order valence-electron chi connectivity index (χ4n) is 4.29. The maximum atomic E-state index is 12.2. The van der Waals surface area contributed by atoms with Crippen molar-refractivity contribution in [2.45, 2.75) is 12.3 Å². The standard InChI is InChI=1S/C26H22N2O2/c29-26(28-14-5-6-18-11-12-25-19(16-18)13-15-27-25)30-17-24-22-9-3-1-7-20(22)21-8-2-4-10-23(21)24/h1-4,7-12,16,24,27H,13-15,17H2,(H,28,29). The van der Waals surface area contributed by atoms with Crippen molar-refractivity contribution in [2.75, 3.05) is 25.0 Å². The Kier molecular flexibility index (Phi) is 4.86. The molecule has 1 amide bonds. The van der Waals surface area contributed by atoms with Crippen molar-refractivity contribution in [3.05, 3.63) is 89.0 Å². The summed E-state index contributed by atoms with van der Waals surface area (Å²) in [6.45, 7) is 1.55. The first kappa shape index (κ1) is 18.3. The Morgan fingerprint density at radius 3 is 2.53 bits per heavy atom. The van der Waals surface area contributed by atoms with Gasteiger partial charge in [-0.25, -0.2) is 4.79 Å². The number of amides is 1. The molecule has 3 aromatic carbocycles. The van der Waals surface area contributed by atoms with Crippen LogP contribution in [0.4, 0.5) is 10.5 Å². The molecule has 0 saturated carbocycles. The molecule has 2 aliphatic rings. The highest BCUT2D eigenvalue weighted by Crippen LogP contribution is 2.44. The number of hydrogen-bond donors (Lipinski definition) is 2. The summed E-state index contributed by atoms with van der Waals surface area (Å²) in [4.78, 5) is 12.2. The molecule has 1 aliphatic carbocycles. The lowest BCUT2D eigenvalue weighted by Gasteiger charge is -2.14. The summed E-state index contributed by atoms with van der Waals surface area (Å²) in [5.74, 6) is 6.17. The van der Waals surface area contributed by atoms with E-state index in [4.69, 9.17) is 4.74 Å². The van der Waals surface area contributed by atoms with Gasteiger partial charge in [-0.1, -0.05) is 60.4 Å². The molecule has 0 bridgehead atoms. The van der Waals surface area contributed by atoms with E-state index in [-0.39, 0.29) is 12.5 Å². The van der Waals surface area contributed by atoms with Gasteiger partial charge in [-0.05, 0) is 52.4 Å². The lowest BCUT2D eigenvalue weighted by Crippen LogP contribution is -2.26. The van der Waals surface area contributed by atoms with E-state index in [9.17, 15) is 4.79 Å². The number of hydrogen-bond acceptors (Lipinski definition) is 3. The molecule has 0 fully saturated rings. The highest BCUT2D eigenvalue weighted by molar-refractivity contribution is 5.79. The molecular formula is C26H22N2O2. The summed E-state index contributed by atoms with van der Waals surface area (Å²) in [5.41, 5.74) is 8.31. The fourth-order valence-corrected chi connectivity index (χ4v) is 4.29. The molecule has 148 valence electrons. The Morgan fingerprint density at radius 2 is 1.77 bits per heavy atom. The number of nitrogens with one attached hydrogen (secondary N) is 2. The first-order valence-corrected chi connectivity index (χ1v) is 10.2. The molecule has 0 spiro atoms. The summed E-state index contributed by atoms with van der Waals surface area (Å²) in [7, 11) is 0. The van der Waals surface area contributed by atoms with Crippen LogP contribution in [0.15, 0.2) is 66.7 Å². The number of carbonyl (C=O) groups excluding carboxylic acids is 1. The molecule has 5 rings (SSSR count). The van der Waals surface area contributed by atoms with Crippen LogP contribution in [0.5, 0.6) is 0 Å². The van der Waals surface area contributed by atoms with Crippen LogP contribution in [0.2, 0.25) is 0 Å². The zero-order chi connectivity index (χ0) is 20.3. The van der Waals surface area contributed by atoms with E-state index in [1.54, 1.807) is 0 Å². The van der Waals surface area contributed by atoms with Gasteiger partial charge in [0.25, 0.3) is 0 Å². The lowest BCUT2D eigenvalue weighted by atomic mass is 9.98. The molecule has 30 heavy (non-hydrogen) atoms. The Hall–Kier alpha value is -3.71. The largest absolute Gasteiger partial charge is 0.449 e. The van der Waals surface area contributed by atoms with Crippen molar-refractivity contribution in [1.29, 1.82) is 0 Å². The average Bonchev–Trinajstić information content (AvgIpc) is 3.37. The van der Waals surface area contributed by atoms with E-state index in [0.29, 0.717) is 6.61 Å². The van der Waals surface area contributed by atoms with E-state index >= 15 is 0 Å². The zero-order valence-corrected chi connectivity index (χ0v) is 16.6. The van der Waals surface area contributed by atoms with Crippen molar-refractivity contribution in [1.82, 2.24) is 5.32 Å². The number of benzene rings is 3. The van der Waals surface area contributed by atoms with Crippen molar-refractivity contribution in [3.63, 3.8) is 0 Å². The minimum absolute atomic E-state index is 0.0641. The molecule has 1 aliphatic heterocycles. The van der Waals surface area contributed by atoms with E-state index in [1.165, 1.54) is 33.5 Å². The zero-order valence-electron chi connectivity index (χ0n) is 16.6. The molecule has 0 saturated heterocycles. The van der Waals surface area contributed by atoms with Crippen molar-refractivity contribution < 1.29 is 9.53 Å². The maximum Gasteiger partial charge on any atom is 0.407 e. The van der Waals surface area contributed by atoms with Gasteiger partial charge in [-0.3, -0.25) is 0 Å². The Balaban J connectivity index is 1.18. The smallest absolute Gasteiger partial charge is 0.407 e. The number of rotatable bonds is 3. The van der Waals surface area contributed by atoms with E-state index < -0.39 is 6.09 Å². The summed E-state index contributed by atoms with van der Waals surface area (Å²) in [6, 6.07) is 22.8. The fraction of sp³-hybridized carbons (Fsp3) is 0.192. The van der Waals surface area contributed by atoms with Gasteiger partial charge >= 0.3 is 6.09 Å². The number of carbonyl (C=O) groups is 1. The average molecular weight is 394 g/mol. The topological polar surface area (TPSA) is 50.4 Å². The van der Waals surface area contributed by atoms with Crippen LogP contribution in [0.25, 0.3) is 11.1 Å². The van der Waals surface area contributed by atoms with E-state index in [0.717, 1.165) is 18.5 Å². The SMILES string of the molecule is O=C(NCC#Cc1ccc2c(c1)CCN2)OCC1c2ccccc2-c2ccccc21. The van der Waals surface area contributed by atoms with Crippen molar-refractivity contribution in [3.8, 4) is 23.0 Å². The molecule has 4 nitrogen and oxygen atoms in total. The summed E-state index contributed by atoms with van der Waals surface area (Å²) >= 11 is 0. The van der Waals surface area contributed by atoms with Crippen LogP contribution < -0.4 is 10.6 Å². The van der Waals surface area contributed by atoms with Gasteiger partial charge in [0.15, 0.2) is 0 Å². The summed E-state index contributed by atoms with van der Waals surface area (Å²) in [6.07, 6.45) is 0.590. The molecule has 3 aromatic rings. The number of fused-ring (bicyclic) bond motifs is 4. The second-order valence-electron chi connectivity index (χ2n) is 7.53. The van der Waals surface area contributed by atoms with Crippen LogP contribution in [-0.2, 0) is 11.2 Å². The summed E-state index contributed by atoms with van der Waals surface area (Å²) in [5, 5.41) is 6.07. The second kappa shape index (κ2) is 7.96. The third-order valence-electron chi connectivity index (χ3n) is 5.71. The van der Waals surface area contributed by atoms with Gasteiger partial charge in [0.2, 0.25) is 0 Å². The van der Waals surface area contributed by atoms with Crippen molar-refractivity contribution in [2.24, 2.45) is 0 Å². The second-order valence-corrected chi connectivity index (χ2v) is 7.53. The predicted octanol–water partition coefficient (Wildman–Crippen LogP) is 4.54. The molecule has 4 heteroatoms. The minimum atomic E-state index is -0.440. The highest BCUT2D eigenvalue weighted by Gasteiger charge is 2.28. The van der Waals surface area contributed by atoms with Gasteiger partial charge in [-0.2, -0.15) is 0 Å². The first-order valence-electron chi connectivity index (χ1n) is 10.2. The molecule has 1 heterocycles. The molecule has 2 N–H and O–H groups in total. The van der Waals surface area contributed by atoms with Gasteiger partial charge in [-0.15, -0.1) is 0 Å². The van der Waals surface area contributed by atoms with E-state index in [1.807, 2.05) is 30.3 Å². The van der Waals surface area contributed by atoms with Gasteiger partial charge in [0.1, 0.15) is 6.61 Å². The Labute approximate surface area is 176 Å². The number of ether oxygens (including phenoxy) is 1. The van der Waals surface area contributed by atoms with E-state index in [2.05, 4.69) is 58.9 Å². The van der Waals surface area contributed by atoms with Gasteiger partial charge in [0.05, 0.1) is 6.54 Å². The van der Waals surface area contributed by atoms with Crippen LogP contribution in [0.3, 0.4) is 0 Å². The number of anilines is 1. The summed E-state index contributed by atoms with van der Waals surface area (Å²) < 4.78 is 5.53. The Morgan fingerprint density at radius 1 is 1.03 bits per heavy atom. The Bertz CT molecular complexity index is 1130. The van der Waals surface area contributed by atoms with Crippen LogP contribution in [0.1, 0.15) is 28.2 Å². The lowest BCUT2D eigenvalue weighted by molar-refractivity contribution is 0.144. The van der Waals surface area contributed by atoms with Crippen LogP contribution in [0, 0.1) is 11.8 Å². The molecule has 0 unspecified atom stereocenters. The molecular weight excluding hydrogens is 372 g/mol. The monoisotopic (exact) mass is 394 g/mol. The van der Waals surface area contributed by atoms with Gasteiger partial charge in [0, 0.05) is 23.7 Å². The molecule has 0 atom stereocenters. The predicted molar refractivity (Wildman–Crippen MR) is 119 cm³/mol. The van der Waals surface area contributed by atoms with Crippen LogP contribution >= 0.6 is 0 Å². The van der Waals surface area contributed by atoms with Crippen LogP contribution in [-0.4, -0.2) is 25.8 Å². The maximum absolute atomic E-state index is 12.2. The minimum Gasteiger partial charge on any atom is -0.449 e. The normalized spacial score (nSPS) is 13.3. The van der Waals surface area contributed by atoms with Crippen molar-refractivity contribution >= 4 is 11.8 Å².